The molecule has 2 heterocycles. The number of benzene rings is 3. The fraction of sp³-hybridized carbons (Fsp3) is 0.375. The first-order valence-electron chi connectivity index (χ1n) is 13.6. The highest BCUT2D eigenvalue weighted by molar-refractivity contribution is 5.99. The summed E-state index contributed by atoms with van der Waals surface area (Å²) in [5.41, 5.74) is 4.78. The minimum absolute atomic E-state index is 0.0798. The predicted molar refractivity (Wildman–Crippen MR) is 149 cm³/mol. The molecule has 5 rings (SSSR count). The van der Waals surface area contributed by atoms with E-state index in [0.717, 1.165) is 55.6 Å². The van der Waals surface area contributed by atoms with Crippen molar-refractivity contribution in [2.24, 2.45) is 11.8 Å². The van der Waals surface area contributed by atoms with Crippen LogP contribution in [0.4, 0.5) is 5.69 Å². The number of amides is 2. The van der Waals surface area contributed by atoms with E-state index >= 15 is 0 Å². The molecule has 1 saturated heterocycles. The summed E-state index contributed by atoms with van der Waals surface area (Å²) in [6.45, 7) is 6.68. The number of nitrogens with one attached hydrogen (secondary N) is 1. The van der Waals surface area contributed by atoms with Crippen LogP contribution in [0.5, 0.6) is 0 Å². The Balaban J connectivity index is 1.21. The summed E-state index contributed by atoms with van der Waals surface area (Å²) in [5.74, 6) is 1.33. The number of carbonyl (C=O) groups is 2. The van der Waals surface area contributed by atoms with E-state index in [4.69, 9.17) is 0 Å². The van der Waals surface area contributed by atoms with E-state index < -0.39 is 0 Å². The molecule has 5 heteroatoms. The number of hydrogen-bond acceptors (Lipinski definition) is 3. The highest BCUT2D eigenvalue weighted by Gasteiger charge is 2.36. The molecule has 0 spiro atoms. The normalized spacial score (nSPS) is 17.8. The summed E-state index contributed by atoms with van der Waals surface area (Å²) in [6, 6.07) is 26.2. The van der Waals surface area contributed by atoms with E-state index in [1.54, 1.807) is 0 Å². The van der Waals surface area contributed by atoms with Gasteiger partial charge in [0.25, 0.3) is 11.8 Å². The van der Waals surface area contributed by atoms with Crippen LogP contribution in [0.15, 0.2) is 78.9 Å². The second kappa shape index (κ2) is 11.2. The summed E-state index contributed by atoms with van der Waals surface area (Å²) in [4.78, 5) is 30.2. The maximum absolute atomic E-state index is 13.2. The lowest BCUT2D eigenvalue weighted by Gasteiger charge is -2.32. The van der Waals surface area contributed by atoms with Gasteiger partial charge in [-0.25, -0.2) is 0 Å². The molecule has 0 aliphatic carbocycles. The molecule has 2 amide bonds. The molecule has 0 saturated carbocycles. The second-order valence-corrected chi connectivity index (χ2v) is 10.8. The third kappa shape index (κ3) is 5.71. The van der Waals surface area contributed by atoms with Crippen LogP contribution >= 0.6 is 0 Å². The maximum Gasteiger partial charge on any atom is 0.256 e. The number of nitrogens with zero attached hydrogens (tertiary/aromatic N) is 2. The Kier molecular flexibility index (Phi) is 7.59. The zero-order valence-electron chi connectivity index (χ0n) is 21.9. The van der Waals surface area contributed by atoms with Gasteiger partial charge in [-0.2, -0.15) is 0 Å². The van der Waals surface area contributed by atoms with Crippen LogP contribution in [0.2, 0.25) is 0 Å². The average Bonchev–Trinajstić information content (AvgIpc) is 3.19. The molecule has 0 radical (unpaired) electrons. The van der Waals surface area contributed by atoms with Crippen molar-refractivity contribution >= 4 is 17.5 Å². The van der Waals surface area contributed by atoms with E-state index in [2.05, 4.69) is 49.5 Å². The second-order valence-electron chi connectivity index (χ2n) is 10.8. The van der Waals surface area contributed by atoms with E-state index in [1.807, 2.05) is 58.3 Å². The minimum Gasteiger partial charge on any atom is -0.361 e. The van der Waals surface area contributed by atoms with E-state index in [1.165, 1.54) is 5.56 Å². The minimum atomic E-state index is -0.201. The smallest absolute Gasteiger partial charge is 0.256 e. The summed E-state index contributed by atoms with van der Waals surface area (Å²) >= 11 is 0. The zero-order valence-corrected chi connectivity index (χ0v) is 21.9. The summed E-state index contributed by atoms with van der Waals surface area (Å²) in [5, 5.41) is 3.56. The van der Waals surface area contributed by atoms with Gasteiger partial charge in [-0.3, -0.25) is 9.59 Å². The Labute approximate surface area is 220 Å². The molecule has 0 bridgehead atoms. The molecule has 37 heavy (non-hydrogen) atoms. The van der Waals surface area contributed by atoms with Crippen molar-refractivity contribution in [3.05, 3.63) is 101 Å². The van der Waals surface area contributed by atoms with Gasteiger partial charge in [0.15, 0.2) is 0 Å². The largest absolute Gasteiger partial charge is 0.361 e. The Morgan fingerprint density at radius 1 is 0.919 bits per heavy atom. The molecule has 1 fully saturated rings. The molecule has 3 aromatic rings. The third-order valence-corrected chi connectivity index (χ3v) is 7.71. The van der Waals surface area contributed by atoms with Crippen molar-refractivity contribution in [3.8, 4) is 0 Å². The average molecular weight is 496 g/mol. The number of likely N-dealkylation sites (tertiary alicyclic amines) is 1. The Bertz CT molecular complexity index is 1210. The zero-order chi connectivity index (χ0) is 25.8. The van der Waals surface area contributed by atoms with E-state index in [-0.39, 0.29) is 18.0 Å². The lowest BCUT2D eigenvalue weighted by Crippen LogP contribution is -2.38. The Hall–Kier alpha value is -3.60. The molecule has 1 N–H and O–H groups in total. The number of carbonyl (C=O) groups excluding carboxylic acids is 2. The highest BCUT2D eigenvalue weighted by atomic mass is 16.2. The molecular weight excluding hydrogens is 458 g/mol. The van der Waals surface area contributed by atoms with Crippen LogP contribution in [-0.2, 0) is 6.42 Å². The van der Waals surface area contributed by atoms with Crippen LogP contribution in [-0.4, -0.2) is 41.2 Å². The summed E-state index contributed by atoms with van der Waals surface area (Å²) < 4.78 is 0. The first kappa shape index (κ1) is 25.1. The van der Waals surface area contributed by atoms with Gasteiger partial charge in [0, 0.05) is 42.0 Å². The number of piperidine rings is 1. The third-order valence-electron chi connectivity index (χ3n) is 7.71. The number of fused-ring (bicyclic) bond motifs is 1. The number of anilines is 1. The molecule has 2 aliphatic rings. The SMILES string of the molecule is CC(C)CCN1C(=O)c2ccccc2[C@@H]1Nc1ccc(C(=O)N2CCC(Cc3ccccc3)CC2)cc1. The van der Waals surface area contributed by atoms with E-state index in [9.17, 15) is 9.59 Å². The first-order chi connectivity index (χ1) is 18.0. The van der Waals surface area contributed by atoms with Gasteiger partial charge in [-0.1, -0.05) is 62.4 Å². The molecule has 2 aliphatic heterocycles. The van der Waals surface area contributed by atoms with Crippen molar-refractivity contribution in [2.75, 3.05) is 25.0 Å². The fourth-order valence-electron chi connectivity index (χ4n) is 5.49. The summed E-state index contributed by atoms with van der Waals surface area (Å²) in [6.07, 6.45) is 3.92. The van der Waals surface area contributed by atoms with Gasteiger partial charge < -0.3 is 15.1 Å². The molecule has 0 unspecified atom stereocenters. The first-order valence-corrected chi connectivity index (χ1v) is 13.6. The van der Waals surface area contributed by atoms with Crippen LogP contribution in [0.3, 0.4) is 0 Å². The molecule has 192 valence electrons. The van der Waals surface area contributed by atoms with Crippen LogP contribution in [0, 0.1) is 11.8 Å². The van der Waals surface area contributed by atoms with Gasteiger partial charge in [0.1, 0.15) is 6.17 Å². The van der Waals surface area contributed by atoms with Gasteiger partial charge in [-0.15, -0.1) is 0 Å². The van der Waals surface area contributed by atoms with Gasteiger partial charge >= 0.3 is 0 Å². The topological polar surface area (TPSA) is 52.7 Å². The van der Waals surface area contributed by atoms with Crippen molar-refractivity contribution < 1.29 is 9.59 Å². The highest BCUT2D eigenvalue weighted by Crippen LogP contribution is 2.35. The van der Waals surface area contributed by atoms with Gasteiger partial charge in [0.05, 0.1) is 0 Å². The molecule has 5 nitrogen and oxygen atoms in total. The lowest BCUT2D eigenvalue weighted by atomic mass is 9.90. The Morgan fingerprint density at radius 3 is 2.30 bits per heavy atom. The molecular formula is C32H37N3O2. The van der Waals surface area contributed by atoms with Crippen LogP contribution in [0.25, 0.3) is 0 Å². The van der Waals surface area contributed by atoms with Crippen molar-refractivity contribution in [1.29, 1.82) is 0 Å². The standard InChI is InChI=1S/C32H37N3O2/c1-23(2)16-21-35-30(28-10-6-7-11-29(28)32(35)37)33-27-14-12-26(13-15-27)31(36)34-19-17-25(18-20-34)22-24-8-4-3-5-9-24/h3-15,23,25,30,33H,16-22H2,1-2H3/t30-/m1/s1. The molecule has 1 atom stereocenters. The summed E-state index contributed by atoms with van der Waals surface area (Å²) in [7, 11) is 0. The van der Waals surface area contributed by atoms with Crippen molar-refractivity contribution in [1.82, 2.24) is 9.80 Å². The van der Waals surface area contributed by atoms with Gasteiger partial charge in [0.2, 0.25) is 0 Å². The van der Waals surface area contributed by atoms with Crippen LogP contribution in [0.1, 0.15) is 71.1 Å². The number of hydrogen-bond donors (Lipinski definition) is 1. The molecule has 3 aromatic carbocycles. The lowest BCUT2D eigenvalue weighted by molar-refractivity contribution is 0.0689. The monoisotopic (exact) mass is 495 g/mol. The molecule has 0 aromatic heterocycles. The van der Waals surface area contributed by atoms with Crippen molar-refractivity contribution in [2.45, 2.75) is 45.7 Å². The van der Waals surface area contributed by atoms with Gasteiger partial charge in [-0.05, 0) is 73.4 Å². The quantitative estimate of drug-likeness (QED) is 0.394. The maximum atomic E-state index is 13.2. The Morgan fingerprint density at radius 2 is 1.59 bits per heavy atom. The van der Waals surface area contributed by atoms with Crippen molar-refractivity contribution in [3.63, 3.8) is 0 Å². The number of rotatable bonds is 8. The van der Waals surface area contributed by atoms with Crippen LogP contribution < -0.4 is 5.32 Å². The van der Waals surface area contributed by atoms with E-state index in [0.29, 0.717) is 23.9 Å². The fourth-order valence-corrected chi connectivity index (χ4v) is 5.49. The predicted octanol–water partition coefficient (Wildman–Crippen LogP) is 6.39.